The number of benzene rings is 3. The van der Waals surface area contributed by atoms with Gasteiger partial charge in [-0.15, -0.1) is 0 Å². The molecule has 6 aromatic rings. The molecule has 0 aliphatic carbocycles. The number of carbonyl (C=O) groups is 10. The number of H-pyrrole nitrogens is 3. The van der Waals surface area contributed by atoms with Gasteiger partial charge in [-0.2, -0.15) is 0 Å². The molecule has 8 rings (SSSR count). The first-order valence-electron chi connectivity index (χ1n) is 31.6. The summed E-state index contributed by atoms with van der Waals surface area (Å²) in [5.74, 6) is -7.44. The number of fused-ring (bicyclic) bond motifs is 2. The zero-order valence-corrected chi connectivity index (χ0v) is 53.0. The molecule has 2 saturated heterocycles. The van der Waals surface area contributed by atoms with Crippen molar-refractivity contribution in [3.8, 4) is 5.75 Å². The van der Waals surface area contributed by atoms with Gasteiger partial charge in [-0.3, -0.25) is 52.9 Å². The Morgan fingerprint density at radius 1 is 0.702 bits per heavy atom. The Hall–Kier alpha value is -10.3. The number of aromatic hydroxyl groups is 1. The summed E-state index contributed by atoms with van der Waals surface area (Å²) in [5.41, 5.74) is 14.7. The minimum atomic E-state index is -1.78. The molecule has 3 aromatic carbocycles. The molecule has 94 heavy (non-hydrogen) atoms. The molecule has 0 bridgehead atoms. The van der Waals surface area contributed by atoms with Crippen molar-refractivity contribution in [3.63, 3.8) is 0 Å². The highest BCUT2D eigenvalue weighted by Crippen LogP contribution is 2.24. The van der Waals surface area contributed by atoms with Crippen LogP contribution in [0.15, 0.2) is 103 Å². The molecule has 2 aliphatic rings. The van der Waals surface area contributed by atoms with E-state index < -0.39 is 108 Å². The fourth-order valence-corrected chi connectivity index (χ4v) is 11.8. The topological polar surface area (TPSA) is 439 Å². The lowest BCUT2D eigenvalue weighted by molar-refractivity contribution is -0.142. The monoisotopic (exact) mass is 1300 g/mol. The number of nitrogens with two attached hydrogens (primary N) is 2. The number of rotatable bonds is 32. The van der Waals surface area contributed by atoms with E-state index in [9.17, 15) is 48.6 Å². The first-order chi connectivity index (χ1) is 45.1. The van der Waals surface area contributed by atoms with Gasteiger partial charge in [0.1, 0.15) is 60.1 Å². The van der Waals surface area contributed by atoms with Gasteiger partial charge in [-0.25, -0.2) is 4.98 Å². The number of likely N-dealkylation sites (N-methyl/N-ethyl adjacent to an activating group) is 2. The Morgan fingerprint density at radius 3 is 1.81 bits per heavy atom. The summed E-state index contributed by atoms with van der Waals surface area (Å²) >= 11 is 0. The average molecular weight is 1300 g/mol. The summed E-state index contributed by atoms with van der Waals surface area (Å²) in [6, 6.07) is 8.52. The second kappa shape index (κ2) is 32.8. The third kappa shape index (κ3) is 18.5. The number of aliphatic hydroxyl groups excluding tert-OH is 1. The van der Waals surface area contributed by atoms with E-state index >= 15 is 9.59 Å². The summed E-state index contributed by atoms with van der Waals surface area (Å²) < 4.78 is 0. The smallest absolute Gasteiger partial charge is 0.245 e. The minimum Gasteiger partial charge on any atom is -0.508 e. The number of hydrogen-bond donors (Lipinski definition) is 15. The fraction of sp³-hybridized carbons (Fsp3) is 0.446. The highest BCUT2D eigenvalue weighted by molar-refractivity contribution is 6.00. The molecule has 9 atom stereocenters. The number of aliphatic imine (C=N–C) groups is 1. The second-order valence-electron chi connectivity index (χ2n) is 24.1. The first-order valence-corrected chi connectivity index (χ1v) is 31.6. The Morgan fingerprint density at radius 2 is 1.26 bits per heavy atom. The Kier molecular flexibility index (Phi) is 24.3. The quantitative estimate of drug-likeness (QED) is 0.0145. The number of hydrogen-bond acceptors (Lipinski definition) is 14. The van der Waals surface area contributed by atoms with Crippen molar-refractivity contribution in [3.05, 3.63) is 120 Å². The van der Waals surface area contributed by atoms with E-state index in [4.69, 9.17) is 11.5 Å². The maximum Gasteiger partial charge on any atom is 0.245 e. The molecular formula is C65H85N17O12. The number of aliphatic hydroxyl groups is 1. The van der Waals surface area contributed by atoms with Crippen molar-refractivity contribution in [1.29, 1.82) is 0 Å². The van der Waals surface area contributed by atoms with E-state index in [-0.39, 0.29) is 100 Å². The molecule has 0 spiro atoms. The van der Waals surface area contributed by atoms with Crippen molar-refractivity contribution >= 4 is 86.8 Å². The summed E-state index contributed by atoms with van der Waals surface area (Å²) in [4.78, 5) is 163. The van der Waals surface area contributed by atoms with Gasteiger partial charge < -0.3 is 89.0 Å². The Labute approximate surface area is 542 Å². The fourth-order valence-electron chi connectivity index (χ4n) is 11.8. The zero-order valence-electron chi connectivity index (χ0n) is 53.0. The number of imidazole rings is 1. The highest BCUT2D eigenvalue weighted by Gasteiger charge is 2.41. The lowest BCUT2D eigenvalue weighted by Gasteiger charge is -2.31. The van der Waals surface area contributed by atoms with Crippen LogP contribution in [0.5, 0.6) is 5.75 Å². The van der Waals surface area contributed by atoms with Crippen LogP contribution >= 0.6 is 0 Å². The lowest BCUT2D eigenvalue weighted by atomic mass is 9.99. The molecule has 0 saturated carbocycles. The second-order valence-corrected chi connectivity index (χ2v) is 24.1. The van der Waals surface area contributed by atoms with Crippen LogP contribution < -0.4 is 54.0 Å². The molecule has 2 fully saturated rings. The Balaban J connectivity index is 1.06. The van der Waals surface area contributed by atoms with E-state index in [0.717, 1.165) is 0 Å². The maximum atomic E-state index is 15.1. The number of guanidine groups is 1. The zero-order chi connectivity index (χ0) is 67.6. The summed E-state index contributed by atoms with van der Waals surface area (Å²) in [6.07, 6.45) is 7.19. The third-order valence-corrected chi connectivity index (χ3v) is 16.8. The van der Waals surface area contributed by atoms with Gasteiger partial charge >= 0.3 is 0 Å². The molecule has 10 amide bonds. The van der Waals surface area contributed by atoms with E-state index in [2.05, 4.69) is 67.5 Å². The largest absolute Gasteiger partial charge is 0.508 e. The van der Waals surface area contributed by atoms with Crippen molar-refractivity contribution < 1.29 is 58.2 Å². The highest BCUT2D eigenvalue weighted by atomic mass is 16.3. The van der Waals surface area contributed by atoms with Crippen molar-refractivity contribution in [1.82, 2.24) is 72.3 Å². The van der Waals surface area contributed by atoms with E-state index in [1.165, 1.54) is 53.6 Å². The molecule has 5 heterocycles. The van der Waals surface area contributed by atoms with Crippen LogP contribution in [0.1, 0.15) is 88.1 Å². The number of phenols is 1. The van der Waals surface area contributed by atoms with Gasteiger partial charge in [0.2, 0.25) is 59.1 Å². The van der Waals surface area contributed by atoms with Crippen molar-refractivity contribution in [2.24, 2.45) is 22.4 Å². The molecule has 502 valence electrons. The minimum absolute atomic E-state index is 0.0649. The van der Waals surface area contributed by atoms with Crippen LogP contribution in [-0.4, -0.2) is 193 Å². The standard InChI is InChI=1S/C65H85N17O12/c1-5-69-61(91)53-17-11-25-82(53)64(94)46(16-10-24-70-65(66)67)75-56(86)48(26-36(2)3)76-58(88)50(28-38-31-71-44-14-8-6-12-42(38)44)78-57(87)49(27-37-18-20-41(84)21-19-37)77-60(90)52(34-83)80-59(89)51(29-39-32-72-45-15-9-7-13-43(39)45)79-62(92)54(30-40-33-68-35-73-40)81(4)63(93)47-22-23-55(85)74-47/h6-9,12-15,18-21,31-33,35-36,46-54,71-72,83-84H,5,10-11,16-17,22-30,34H2,1-4H3,(H,68,73)(H,69,91)(H,74,85)(H,75,86)(H,76,88)(H,77,90)(H,78,87)(H,79,92)(H,80,89)(H4,66,67,70)/t46-,47-,48-,49-,50+,51-,52-,53-,54-/m0/s1. The number of nitrogens with zero attached hydrogens (tertiary/aromatic N) is 4. The summed E-state index contributed by atoms with van der Waals surface area (Å²) in [5, 5.41) is 44.5. The van der Waals surface area contributed by atoms with Gasteiger partial charge in [0.25, 0.3) is 0 Å². The molecule has 17 N–H and O–H groups in total. The van der Waals surface area contributed by atoms with E-state index in [1.54, 1.807) is 31.5 Å². The van der Waals surface area contributed by atoms with Crippen LogP contribution in [0.3, 0.4) is 0 Å². The molecule has 2 aliphatic heterocycles. The van der Waals surface area contributed by atoms with Gasteiger partial charge in [0.05, 0.1) is 12.9 Å². The average Bonchev–Trinajstić information content (AvgIpc) is 1.61. The van der Waals surface area contributed by atoms with Crippen molar-refractivity contribution in [2.45, 2.75) is 146 Å². The predicted octanol–water partition coefficient (Wildman–Crippen LogP) is -0.418. The molecule has 29 heteroatoms. The number of phenolic OH excluding ortho intramolecular Hbond substituents is 1. The summed E-state index contributed by atoms with van der Waals surface area (Å²) in [7, 11) is 1.41. The summed E-state index contributed by atoms with van der Waals surface area (Å²) in [6.45, 7) is 5.15. The van der Waals surface area contributed by atoms with Crippen LogP contribution in [0.4, 0.5) is 0 Å². The number of nitrogens with one attached hydrogen (secondary N) is 11. The number of para-hydroxylation sites is 2. The van der Waals surface area contributed by atoms with E-state index in [1.807, 2.05) is 50.2 Å². The third-order valence-electron chi connectivity index (χ3n) is 16.8. The van der Waals surface area contributed by atoms with Crippen LogP contribution in [-0.2, 0) is 73.6 Å². The molecular weight excluding hydrogens is 1210 g/mol. The number of amides is 10. The van der Waals surface area contributed by atoms with E-state index in [0.29, 0.717) is 63.6 Å². The van der Waals surface area contributed by atoms with Gasteiger partial charge in [-0.05, 0) is 92.3 Å². The van der Waals surface area contributed by atoms with Gasteiger partial charge in [0, 0.05) is 105 Å². The molecule has 0 unspecified atom stereocenters. The van der Waals surface area contributed by atoms with Crippen LogP contribution in [0, 0.1) is 5.92 Å². The van der Waals surface area contributed by atoms with Crippen LogP contribution in [0.25, 0.3) is 21.8 Å². The van der Waals surface area contributed by atoms with Gasteiger partial charge in [0.15, 0.2) is 5.96 Å². The maximum absolute atomic E-state index is 15.1. The SMILES string of the molecule is CCNC(=O)[C@@H]1CCCN1C(=O)[C@H](CCCN=C(N)N)NC(=O)[C@H](CC(C)C)NC(=O)[C@@H](Cc1c[nH]c2ccccc12)NC(=O)[C@H](Cc1ccc(O)cc1)NC(=O)[C@H](CO)NC(=O)[C@H](Cc1c[nH]c2ccccc12)NC(=O)[C@H](Cc1cnc[nH]1)N(C)C(=O)[C@@H]1CCC(=O)N1. The molecule has 3 aromatic heterocycles. The van der Waals surface area contributed by atoms with Crippen LogP contribution in [0.2, 0.25) is 0 Å². The molecule has 0 radical (unpaired) electrons. The first kappa shape index (κ1) is 69.6. The number of aromatic amines is 3. The normalized spacial score (nSPS) is 16.7. The lowest BCUT2D eigenvalue weighted by Crippen LogP contribution is -2.61. The number of carbonyl (C=O) groups excluding carboxylic acids is 10. The predicted molar refractivity (Wildman–Crippen MR) is 347 cm³/mol. The number of aromatic nitrogens is 4. The molecule has 29 nitrogen and oxygen atoms in total. The van der Waals surface area contributed by atoms with Gasteiger partial charge in [-0.1, -0.05) is 62.4 Å². The number of likely N-dealkylation sites (tertiary alicyclic amines) is 1. The van der Waals surface area contributed by atoms with Crippen molar-refractivity contribution in [2.75, 3.05) is 33.3 Å². The Bertz CT molecular complexity index is 3680.